The number of nitrogens with one attached hydrogen (secondary N) is 1. The lowest BCUT2D eigenvalue weighted by molar-refractivity contribution is -0.113. The molecule has 0 saturated heterocycles. The van der Waals surface area contributed by atoms with Crippen LogP contribution in [0.4, 0.5) is 9.52 Å². The maximum absolute atomic E-state index is 12.8. The topological polar surface area (TPSA) is 54.9 Å². The number of rotatable bonds is 7. The van der Waals surface area contributed by atoms with Gasteiger partial charge in [0, 0.05) is 12.2 Å². The van der Waals surface area contributed by atoms with Crippen LogP contribution in [0, 0.1) is 5.82 Å². The Kier molecular flexibility index (Phi) is 6.14. The molecule has 0 aliphatic heterocycles. The fraction of sp³-hybridized carbons (Fsp3) is 0.167. The molecule has 7 heteroatoms. The molecule has 0 radical (unpaired) electrons. The Labute approximate surface area is 153 Å². The van der Waals surface area contributed by atoms with Gasteiger partial charge >= 0.3 is 0 Å². The van der Waals surface area contributed by atoms with E-state index in [4.69, 9.17) is 0 Å². The number of thioether (sulfide) groups is 1. The first-order chi connectivity index (χ1) is 12.2. The lowest BCUT2D eigenvalue weighted by Crippen LogP contribution is -2.13. The number of carbonyl (C=O) groups excluding carboxylic acids is 1. The van der Waals surface area contributed by atoms with Gasteiger partial charge in [0.25, 0.3) is 0 Å². The van der Waals surface area contributed by atoms with Gasteiger partial charge in [-0.2, -0.15) is 0 Å². The van der Waals surface area contributed by atoms with Gasteiger partial charge in [0.2, 0.25) is 11.0 Å². The first-order valence-corrected chi connectivity index (χ1v) is 9.64. The molecule has 0 unspecified atom stereocenters. The summed E-state index contributed by atoms with van der Waals surface area (Å²) in [5.74, 6) is 0.595. The lowest BCUT2D eigenvalue weighted by atomic mass is 10.2. The summed E-state index contributed by atoms with van der Waals surface area (Å²) in [7, 11) is 0. The zero-order chi connectivity index (χ0) is 17.5. The number of benzene rings is 2. The highest BCUT2D eigenvalue weighted by Crippen LogP contribution is 2.19. The van der Waals surface area contributed by atoms with Crippen molar-refractivity contribution in [3.63, 3.8) is 0 Å². The molecule has 1 aromatic heterocycles. The van der Waals surface area contributed by atoms with Gasteiger partial charge in [0.15, 0.2) is 0 Å². The van der Waals surface area contributed by atoms with Gasteiger partial charge < -0.3 is 0 Å². The van der Waals surface area contributed by atoms with Gasteiger partial charge in [-0.3, -0.25) is 10.1 Å². The van der Waals surface area contributed by atoms with E-state index in [-0.39, 0.29) is 11.7 Å². The standard InChI is InChI=1S/C18H16FN3OS2/c19-15-8-6-14(7-9-15)11-24-12-16(23)20-18-22-21-17(25-18)10-13-4-2-1-3-5-13/h1-9H,10-12H2,(H,20,22,23). The summed E-state index contributed by atoms with van der Waals surface area (Å²) in [6.07, 6.45) is 0.702. The van der Waals surface area contributed by atoms with Crippen LogP contribution in [0.2, 0.25) is 0 Å². The molecule has 0 aliphatic carbocycles. The van der Waals surface area contributed by atoms with Crippen molar-refractivity contribution in [2.75, 3.05) is 11.1 Å². The number of hydrogen-bond donors (Lipinski definition) is 1. The summed E-state index contributed by atoms with van der Waals surface area (Å²) < 4.78 is 12.8. The predicted molar refractivity (Wildman–Crippen MR) is 100 cm³/mol. The Bertz CT molecular complexity index is 822. The van der Waals surface area contributed by atoms with Crippen LogP contribution in [0.15, 0.2) is 54.6 Å². The largest absolute Gasteiger partial charge is 0.300 e. The quantitative estimate of drug-likeness (QED) is 0.676. The monoisotopic (exact) mass is 373 g/mol. The lowest BCUT2D eigenvalue weighted by Gasteiger charge is -2.02. The molecular formula is C18H16FN3OS2. The van der Waals surface area contributed by atoms with Crippen molar-refractivity contribution >= 4 is 34.1 Å². The zero-order valence-electron chi connectivity index (χ0n) is 13.3. The smallest absolute Gasteiger partial charge is 0.236 e. The summed E-state index contributed by atoms with van der Waals surface area (Å²) >= 11 is 2.85. The predicted octanol–water partition coefficient (Wildman–Crippen LogP) is 4.14. The molecule has 3 aromatic rings. The van der Waals surface area contributed by atoms with E-state index in [1.54, 1.807) is 12.1 Å². The van der Waals surface area contributed by atoms with E-state index in [1.165, 1.54) is 35.2 Å². The van der Waals surface area contributed by atoms with E-state index in [0.717, 1.165) is 16.1 Å². The Hall–Kier alpha value is -2.25. The number of hydrogen-bond acceptors (Lipinski definition) is 5. The Morgan fingerprint density at radius 1 is 1.04 bits per heavy atom. The average Bonchev–Trinajstić information content (AvgIpc) is 3.04. The third kappa shape index (κ3) is 5.65. The van der Waals surface area contributed by atoms with E-state index in [0.29, 0.717) is 23.1 Å². The maximum Gasteiger partial charge on any atom is 0.236 e. The highest BCUT2D eigenvalue weighted by molar-refractivity contribution is 7.99. The zero-order valence-corrected chi connectivity index (χ0v) is 14.9. The van der Waals surface area contributed by atoms with Crippen molar-refractivity contribution < 1.29 is 9.18 Å². The molecule has 2 aromatic carbocycles. The fourth-order valence-electron chi connectivity index (χ4n) is 2.14. The minimum atomic E-state index is -0.255. The van der Waals surface area contributed by atoms with E-state index < -0.39 is 0 Å². The van der Waals surface area contributed by atoms with E-state index in [2.05, 4.69) is 15.5 Å². The molecule has 0 bridgehead atoms. The summed E-state index contributed by atoms with van der Waals surface area (Å²) in [5, 5.41) is 12.3. The minimum Gasteiger partial charge on any atom is -0.300 e. The second-order valence-corrected chi connectivity index (χ2v) is 7.38. The van der Waals surface area contributed by atoms with Gasteiger partial charge in [-0.25, -0.2) is 4.39 Å². The molecule has 1 amide bonds. The molecule has 3 rings (SSSR count). The summed E-state index contributed by atoms with van der Waals surface area (Å²) in [5.41, 5.74) is 2.15. The second-order valence-electron chi connectivity index (χ2n) is 5.33. The van der Waals surface area contributed by atoms with Crippen LogP contribution in [-0.4, -0.2) is 21.9 Å². The van der Waals surface area contributed by atoms with Crippen LogP contribution in [0.3, 0.4) is 0 Å². The van der Waals surface area contributed by atoms with Crippen LogP contribution >= 0.6 is 23.1 Å². The third-order valence-electron chi connectivity index (χ3n) is 3.33. The molecule has 25 heavy (non-hydrogen) atoms. The van der Waals surface area contributed by atoms with Gasteiger partial charge in [0.05, 0.1) is 5.75 Å². The van der Waals surface area contributed by atoms with Crippen molar-refractivity contribution in [2.45, 2.75) is 12.2 Å². The van der Waals surface area contributed by atoms with Gasteiger partial charge in [-0.05, 0) is 23.3 Å². The Balaban J connectivity index is 1.44. The Morgan fingerprint density at radius 2 is 1.80 bits per heavy atom. The van der Waals surface area contributed by atoms with Gasteiger partial charge in [-0.1, -0.05) is 53.8 Å². The molecule has 0 saturated carbocycles. The highest BCUT2D eigenvalue weighted by atomic mass is 32.2. The summed E-state index contributed by atoms with van der Waals surface area (Å²) in [4.78, 5) is 12.0. The van der Waals surface area contributed by atoms with Crippen LogP contribution in [0.1, 0.15) is 16.1 Å². The molecule has 0 fully saturated rings. The maximum atomic E-state index is 12.8. The van der Waals surface area contributed by atoms with E-state index in [9.17, 15) is 9.18 Å². The number of carbonyl (C=O) groups is 1. The van der Waals surface area contributed by atoms with Crippen LogP contribution in [0.5, 0.6) is 0 Å². The highest BCUT2D eigenvalue weighted by Gasteiger charge is 2.09. The molecule has 0 atom stereocenters. The number of amides is 1. The van der Waals surface area contributed by atoms with Crippen molar-refractivity contribution in [1.82, 2.24) is 10.2 Å². The van der Waals surface area contributed by atoms with Gasteiger partial charge in [0.1, 0.15) is 10.8 Å². The fourth-order valence-corrected chi connectivity index (χ4v) is 3.72. The van der Waals surface area contributed by atoms with E-state index >= 15 is 0 Å². The third-order valence-corrected chi connectivity index (χ3v) is 5.17. The molecule has 128 valence electrons. The molecule has 1 heterocycles. The molecule has 0 spiro atoms. The molecule has 4 nitrogen and oxygen atoms in total. The van der Waals surface area contributed by atoms with Crippen LogP contribution in [0.25, 0.3) is 0 Å². The molecular weight excluding hydrogens is 357 g/mol. The summed E-state index contributed by atoms with van der Waals surface area (Å²) in [6.45, 7) is 0. The second kappa shape index (κ2) is 8.73. The molecule has 1 N–H and O–H groups in total. The number of aromatic nitrogens is 2. The first kappa shape index (κ1) is 17.6. The van der Waals surface area contributed by atoms with Crippen molar-refractivity contribution in [1.29, 1.82) is 0 Å². The van der Waals surface area contributed by atoms with Crippen LogP contribution in [-0.2, 0) is 17.0 Å². The summed E-state index contributed by atoms with van der Waals surface area (Å²) in [6, 6.07) is 16.3. The van der Waals surface area contributed by atoms with Crippen molar-refractivity contribution in [2.24, 2.45) is 0 Å². The van der Waals surface area contributed by atoms with Crippen molar-refractivity contribution in [3.05, 3.63) is 76.5 Å². The molecule has 0 aliphatic rings. The van der Waals surface area contributed by atoms with Crippen molar-refractivity contribution in [3.8, 4) is 0 Å². The normalized spacial score (nSPS) is 10.6. The average molecular weight is 373 g/mol. The first-order valence-electron chi connectivity index (χ1n) is 7.67. The van der Waals surface area contributed by atoms with E-state index in [1.807, 2.05) is 30.3 Å². The Morgan fingerprint density at radius 3 is 2.56 bits per heavy atom. The SMILES string of the molecule is O=C(CSCc1ccc(F)cc1)Nc1nnc(Cc2ccccc2)s1. The van der Waals surface area contributed by atoms with Crippen LogP contribution < -0.4 is 5.32 Å². The number of anilines is 1. The minimum absolute atomic E-state index is 0.116. The number of halogens is 1. The number of nitrogens with zero attached hydrogens (tertiary/aromatic N) is 2. The van der Waals surface area contributed by atoms with Gasteiger partial charge in [-0.15, -0.1) is 22.0 Å².